The van der Waals surface area contributed by atoms with Crippen molar-refractivity contribution in [2.24, 2.45) is 5.73 Å². The van der Waals surface area contributed by atoms with Gasteiger partial charge in [-0.1, -0.05) is 0 Å². The molecule has 1 aromatic heterocycles. The number of esters is 1. The van der Waals surface area contributed by atoms with E-state index in [1.54, 1.807) is 0 Å². The number of hydrogen-bond donors (Lipinski definition) is 1. The van der Waals surface area contributed by atoms with E-state index in [9.17, 15) is 4.79 Å². The van der Waals surface area contributed by atoms with E-state index in [2.05, 4.69) is 9.72 Å². The first-order valence-electron chi connectivity index (χ1n) is 3.93. The monoisotopic (exact) mass is 272 g/mol. The summed E-state index contributed by atoms with van der Waals surface area (Å²) in [5, 5.41) is 0.889. The molecule has 0 aliphatic rings. The van der Waals surface area contributed by atoms with E-state index in [1.165, 1.54) is 18.4 Å². The topological polar surface area (TPSA) is 65.2 Å². The van der Waals surface area contributed by atoms with Crippen LogP contribution in [0.15, 0.2) is 0 Å². The number of methoxy groups -OCH3 is 1. The molecule has 1 heterocycles. The molecule has 7 heteroatoms. The van der Waals surface area contributed by atoms with Crippen LogP contribution in [0, 0.1) is 6.92 Å². The summed E-state index contributed by atoms with van der Waals surface area (Å²) < 4.78 is 4.58. The van der Waals surface area contributed by atoms with Crippen LogP contribution in [0.3, 0.4) is 0 Å². The highest BCUT2D eigenvalue weighted by Crippen LogP contribution is 2.18. The SMILES string of the molecule is COC(=O)c1nc(CCN)sc1C.Cl.Cl. The highest BCUT2D eigenvalue weighted by Gasteiger charge is 2.14. The molecular weight excluding hydrogens is 259 g/mol. The molecule has 0 saturated heterocycles. The lowest BCUT2D eigenvalue weighted by Crippen LogP contribution is -2.05. The van der Waals surface area contributed by atoms with Crippen LogP contribution in [0.1, 0.15) is 20.4 Å². The van der Waals surface area contributed by atoms with Crippen molar-refractivity contribution < 1.29 is 9.53 Å². The number of nitrogens with two attached hydrogens (primary N) is 1. The number of aryl methyl sites for hydroxylation is 1. The summed E-state index contributed by atoms with van der Waals surface area (Å²) in [6.07, 6.45) is 0.711. The number of ether oxygens (including phenoxy) is 1. The van der Waals surface area contributed by atoms with Gasteiger partial charge >= 0.3 is 5.97 Å². The van der Waals surface area contributed by atoms with E-state index < -0.39 is 0 Å². The fraction of sp³-hybridized carbons (Fsp3) is 0.500. The normalized spacial score (nSPS) is 8.73. The molecule has 0 saturated carbocycles. The third kappa shape index (κ3) is 4.34. The number of aromatic nitrogens is 1. The molecule has 1 rings (SSSR count). The fourth-order valence-electron chi connectivity index (χ4n) is 0.968. The van der Waals surface area contributed by atoms with Crippen LogP contribution in [-0.2, 0) is 11.2 Å². The predicted molar refractivity (Wildman–Crippen MR) is 65.4 cm³/mol. The van der Waals surface area contributed by atoms with Crippen molar-refractivity contribution >= 4 is 42.1 Å². The van der Waals surface area contributed by atoms with Crippen LogP contribution in [0.5, 0.6) is 0 Å². The lowest BCUT2D eigenvalue weighted by Gasteiger charge is -1.93. The maximum atomic E-state index is 11.1. The molecule has 0 bridgehead atoms. The summed E-state index contributed by atoms with van der Waals surface area (Å²) in [5.41, 5.74) is 5.79. The van der Waals surface area contributed by atoms with Gasteiger partial charge in [-0.2, -0.15) is 0 Å². The van der Waals surface area contributed by atoms with Crippen molar-refractivity contribution in [3.63, 3.8) is 0 Å². The predicted octanol–water partition coefficient (Wildman–Crippen LogP) is 1.58. The van der Waals surface area contributed by atoms with Gasteiger partial charge in [-0.15, -0.1) is 36.2 Å². The van der Waals surface area contributed by atoms with Gasteiger partial charge in [0.15, 0.2) is 5.69 Å². The van der Waals surface area contributed by atoms with Gasteiger partial charge in [0.2, 0.25) is 0 Å². The molecule has 4 nitrogen and oxygen atoms in total. The molecule has 0 amide bonds. The Hall–Kier alpha value is -0.360. The van der Waals surface area contributed by atoms with Gasteiger partial charge in [0.05, 0.1) is 12.1 Å². The number of carbonyl (C=O) groups is 1. The first kappa shape index (κ1) is 17.0. The third-order valence-electron chi connectivity index (χ3n) is 1.58. The number of halogens is 2. The van der Waals surface area contributed by atoms with E-state index in [1.807, 2.05) is 6.92 Å². The van der Waals surface area contributed by atoms with Gasteiger partial charge in [-0.05, 0) is 13.5 Å². The van der Waals surface area contributed by atoms with E-state index in [0.717, 1.165) is 9.88 Å². The van der Waals surface area contributed by atoms with E-state index >= 15 is 0 Å². The number of thiazole rings is 1. The van der Waals surface area contributed by atoms with Crippen molar-refractivity contribution in [3.8, 4) is 0 Å². The summed E-state index contributed by atoms with van der Waals surface area (Å²) in [7, 11) is 1.35. The third-order valence-corrected chi connectivity index (χ3v) is 2.61. The molecule has 0 unspecified atom stereocenters. The first-order valence-corrected chi connectivity index (χ1v) is 4.75. The van der Waals surface area contributed by atoms with Crippen molar-refractivity contribution in [3.05, 3.63) is 15.6 Å². The zero-order valence-corrected chi connectivity index (χ0v) is 10.9. The maximum absolute atomic E-state index is 11.1. The highest BCUT2D eigenvalue weighted by atomic mass is 35.5. The Labute approximate surface area is 105 Å². The Morgan fingerprint density at radius 1 is 1.53 bits per heavy atom. The van der Waals surface area contributed by atoms with E-state index in [4.69, 9.17) is 5.73 Å². The van der Waals surface area contributed by atoms with Crippen LogP contribution >= 0.6 is 36.2 Å². The molecule has 0 aliphatic heterocycles. The fourth-order valence-corrected chi connectivity index (χ4v) is 1.90. The molecule has 0 fully saturated rings. The summed E-state index contributed by atoms with van der Waals surface area (Å²) in [6, 6.07) is 0. The molecule has 2 N–H and O–H groups in total. The van der Waals surface area contributed by atoms with Gasteiger partial charge in [-0.3, -0.25) is 0 Å². The Kier molecular flexibility index (Phi) is 8.95. The Morgan fingerprint density at radius 2 is 2.13 bits per heavy atom. The van der Waals surface area contributed by atoms with Crippen LogP contribution in [0.2, 0.25) is 0 Å². The second-order valence-corrected chi connectivity index (χ2v) is 3.83. The Morgan fingerprint density at radius 3 is 2.60 bits per heavy atom. The first-order chi connectivity index (χ1) is 6.19. The smallest absolute Gasteiger partial charge is 0.357 e. The Balaban J connectivity index is 0. The van der Waals surface area contributed by atoms with Gasteiger partial charge in [0.1, 0.15) is 0 Å². The maximum Gasteiger partial charge on any atom is 0.357 e. The number of hydrogen-bond acceptors (Lipinski definition) is 5. The van der Waals surface area contributed by atoms with Crippen LogP contribution in [0.25, 0.3) is 0 Å². The summed E-state index contributed by atoms with van der Waals surface area (Å²) >= 11 is 1.49. The molecule has 0 aromatic carbocycles. The minimum absolute atomic E-state index is 0. The average molecular weight is 273 g/mol. The van der Waals surface area contributed by atoms with Crippen LogP contribution in [-0.4, -0.2) is 24.6 Å². The largest absolute Gasteiger partial charge is 0.464 e. The second-order valence-electron chi connectivity index (χ2n) is 2.54. The van der Waals surface area contributed by atoms with Gasteiger partial charge in [0, 0.05) is 11.3 Å². The summed E-state index contributed by atoms with van der Waals surface area (Å²) in [6.45, 7) is 2.40. The minimum Gasteiger partial charge on any atom is -0.464 e. The molecule has 88 valence electrons. The minimum atomic E-state index is -0.378. The van der Waals surface area contributed by atoms with Crippen molar-refractivity contribution in [2.75, 3.05) is 13.7 Å². The lowest BCUT2D eigenvalue weighted by molar-refractivity contribution is 0.0594. The van der Waals surface area contributed by atoms with Crippen molar-refractivity contribution in [1.82, 2.24) is 4.98 Å². The van der Waals surface area contributed by atoms with Crippen LogP contribution in [0.4, 0.5) is 0 Å². The zero-order chi connectivity index (χ0) is 9.84. The van der Waals surface area contributed by atoms with Crippen molar-refractivity contribution in [1.29, 1.82) is 0 Å². The molecule has 15 heavy (non-hydrogen) atoms. The van der Waals surface area contributed by atoms with Gasteiger partial charge in [-0.25, -0.2) is 9.78 Å². The van der Waals surface area contributed by atoms with Gasteiger partial charge < -0.3 is 10.5 Å². The molecular formula is C8H14Cl2N2O2S. The molecule has 0 atom stereocenters. The number of rotatable bonds is 3. The van der Waals surface area contributed by atoms with Crippen molar-refractivity contribution in [2.45, 2.75) is 13.3 Å². The lowest BCUT2D eigenvalue weighted by atomic mass is 10.4. The second kappa shape index (κ2) is 7.87. The van der Waals surface area contributed by atoms with Crippen LogP contribution < -0.4 is 5.73 Å². The number of carbonyl (C=O) groups excluding carboxylic acids is 1. The highest BCUT2D eigenvalue weighted by molar-refractivity contribution is 7.11. The standard InChI is InChI=1S/C8H12N2O2S.2ClH/c1-5-7(8(11)12-2)10-6(13-5)3-4-9;;/h3-4,9H2,1-2H3;2*1H. The quantitative estimate of drug-likeness (QED) is 0.849. The molecule has 1 aromatic rings. The average Bonchev–Trinajstić information content (AvgIpc) is 2.46. The van der Waals surface area contributed by atoms with E-state index in [-0.39, 0.29) is 30.8 Å². The Bertz CT molecular complexity index is 318. The summed E-state index contributed by atoms with van der Waals surface area (Å²) in [5.74, 6) is -0.378. The summed E-state index contributed by atoms with van der Waals surface area (Å²) in [4.78, 5) is 16.2. The number of nitrogens with zero attached hydrogens (tertiary/aromatic N) is 1. The van der Waals surface area contributed by atoms with Gasteiger partial charge in [0.25, 0.3) is 0 Å². The zero-order valence-electron chi connectivity index (χ0n) is 8.48. The molecule has 0 aliphatic carbocycles. The van der Waals surface area contributed by atoms with E-state index in [0.29, 0.717) is 18.7 Å². The molecule has 0 radical (unpaired) electrons. The molecule has 0 spiro atoms.